The highest BCUT2D eigenvalue weighted by Gasteiger charge is 2.30. The maximum atomic E-state index is 13.0. The third-order valence-electron chi connectivity index (χ3n) is 5.07. The molecule has 0 spiro atoms. The Bertz CT molecular complexity index is 1270. The number of aliphatic carboxylic acids is 1. The fraction of sp³-hybridized carbons (Fsp3) is 0.120. The Balaban J connectivity index is 1.67. The number of nitrogens with one attached hydrogen (secondary N) is 1. The summed E-state index contributed by atoms with van der Waals surface area (Å²) in [6.07, 6.45) is -4.41. The molecule has 0 aliphatic carbocycles. The maximum absolute atomic E-state index is 13.0. The zero-order chi connectivity index (χ0) is 22.7. The largest absolute Gasteiger partial charge is 0.481 e. The molecule has 162 valence electrons. The van der Waals surface area contributed by atoms with Gasteiger partial charge in [0.05, 0.1) is 23.2 Å². The number of pyridine rings is 1. The smallest absolute Gasteiger partial charge is 0.416 e. The standard InChI is InChI=1S/C25H19F3N2O2/c26-25(27,28)19-5-3-4-18(14-19)16-8-10-17(11-9-16)22-15-23(29-13-12-24(31)32)20-6-1-2-7-21(20)30-22/h1-11,14-15H,12-13H2,(H,29,30)(H,31,32). The Morgan fingerprint density at radius 2 is 1.59 bits per heavy atom. The van der Waals surface area contributed by atoms with Crippen LogP contribution in [0.5, 0.6) is 0 Å². The number of anilines is 1. The molecule has 0 unspecified atom stereocenters. The summed E-state index contributed by atoms with van der Waals surface area (Å²) in [6, 6.07) is 21.8. The highest BCUT2D eigenvalue weighted by molar-refractivity contribution is 5.94. The fourth-order valence-corrected chi connectivity index (χ4v) is 3.48. The van der Waals surface area contributed by atoms with Crippen LogP contribution in [0.3, 0.4) is 0 Å². The number of nitrogens with zero attached hydrogens (tertiary/aromatic N) is 1. The number of rotatable bonds is 6. The summed E-state index contributed by atoms with van der Waals surface area (Å²) in [7, 11) is 0. The average molecular weight is 436 g/mol. The number of carbonyl (C=O) groups is 1. The first-order chi connectivity index (χ1) is 15.3. The number of halogens is 3. The van der Waals surface area contributed by atoms with Gasteiger partial charge in [-0.05, 0) is 35.4 Å². The average Bonchev–Trinajstić information content (AvgIpc) is 2.78. The van der Waals surface area contributed by atoms with Gasteiger partial charge in [0.2, 0.25) is 0 Å². The number of benzene rings is 3. The number of alkyl halides is 3. The van der Waals surface area contributed by atoms with Crippen LogP contribution in [0.2, 0.25) is 0 Å². The van der Waals surface area contributed by atoms with Gasteiger partial charge in [-0.1, -0.05) is 54.6 Å². The molecule has 0 aliphatic heterocycles. The van der Waals surface area contributed by atoms with Gasteiger partial charge in [0, 0.05) is 23.2 Å². The summed E-state index contributed by atoms with van der Waals surface area (Å²) in [6.45, 7) is 0.275. The molecule has 0 atom stereocenters. The van der Waals surface area contributed by atoms with E-state index < -0.39 is 17.7 Å². The van der Waals surface area contributed by atoms with Crippen molar-refractivity contribution in [3.8, 4) is 22.4 Å². The first kappa shape index (κ1) is 21.4. The minimum atomic E-state index is -4.39. The molecule has 2 N–H and O–H groups in total. The molecule has 4 nitrogen and oxygen atoms in total. The summed E-state index contributed by atoms with van der Waals surface area (Å²) in [5, 5.41) is 12.9. The van der Waals surface area contributed by atoms with E-state index in [9.17, 15) is 18.0 Å². The number of aromatic nitrogens is 1. The Morgan fingerprint density at radius 1 is 0.875 bits per heavy atom. The second-order valence-corrected chi connectivity index (χ2v) is 7.30. The topological polar surface area (TPSA) is 62.2 Å². The third kappa shape index (κ3) is 4.72. The lowest BCUT2D eigenvalue weighted by Gasteiger charge is -2.12. The van der Waals surface area contributed by atoms with Crippen LogP contribution >= 0.6 is 0 Å². The summed E-state index contributed by atoms with van der Waals surface area (Å²) >= 11 is 0. The van der Waals surface area contributed by atoms with Gasteiger partial charge in [0.25, 0.3) is 0 Å². The highest BCUT2D eigenvalue weighted by atomic mass is 19.4. The van der Waals surface area contributed by atoms with Crippen molar-refractivity contribution in [2.24, 2.45) is 0 Å². The molecule has 4 rings (SSSR count). The molecule has 3 aromatic carbocycles. The van der Waals surface area contributed by atoms with Crippen LogP contribution in [0.15, 0.2) is 78.9 Å². The molecule has 1 heterocycles. The summed E-state index contributed by atoms with van der Waals surface area (Å²) in [4.78, 5) is 15.5. The van der Waals surface area contributed by atoms with Crippen LogP contribution in [0.4, 0.5) is 18.9 Å². The lowest BCUT2D eigenvalue weighted by atomic mass is 10.00. The van der Waals surface area contributed by atoms with Crippen molar-refractivity contribution in [3.05, 3.63) is 84.4 Å². The van der Waals surface area contributed by atoms with Crippen LogP contribution in [0.1, 0.15) is 12.0 Å². The van der Waals surface area contributed by atoms with Crippen LogP contribution < -0.4 is 5.32 Å². The molecular formula is C25H19F3N2O2. The highest BCUT2D eigenvalue weighted by Crippen LogP contribution is 2.33. The van der Waals surface area contributed by atoms with Crippen molar-refractivity contribution in [2.75, 3.05) is 11.9 Å². The molecule has 0 bridgehead atoms. The number of carboxylic acids is 1. The van der Waals surface area contributed by atoms with Crippen molar-refractivity contribution in [2.45, 2.75) is 12.6 Å². The molecule has 0 aliphatic rings. The molecule has 1 aromatic heterocycles. The van der Waals surface area contributed by atoms with Crippen molar-refractivity contribution in [1.29, 1.82) is 0 Å². The monoisotopic (exact) mass is 436 g/mol. The zero-order valence-corrected chi connectivity index (χ0v) is 16.9. The van der Waals surface area contributed by atoms with Gasteiger partial charge < -0.3 is 10.4 Å². The van der Waals surface area contributed by atoms with E-state index in [0.29, 0.717) is 16.8 Å². The van der Waals surface area contributed by atoms with E-state index in [1.165, 1.54) is 6.07 Å². The van der Waals surface area contributed by atoms with Crippen molar-refractivity contribution < 1.29 is 23.1 Å². The van der Waals surface area contributed by atoms with E-state index in [1.54, 1.807) is 18.2 Å². The van der Waals surface area contributed by atoms with Crippen LogP contribution in [-0.4, -0.2) is 22.6 Å². The molecule has 32 heavy (non-hydrogen) atoms. The van der Waals surface area contributed by atoms with Gasteiger partial charge in [0.1, 0.15) is 0 Å². The number of fused-ring (bicyclic) bond motifs is 1. The molecule has 0 saturated carbocycles. The predicted molar refractivity (Wildman–Crippen MR) is 118 cm³/mol. The Hall–Kier alpha value is -3.87. The van der Waals surface area contributed by atoms with Crippen molar-refractivity contribution in [3.63, 3.8) is 0 Å². The van der Waals surface area contributed by atoms with Crippen molar-refractivity contribution >= 4 is 22.6 Å². The maximum Gasteiger partial charge on any atom is 0.416 e. The summed E-state index contributed by atoms with van der Waals surface area (Å²) in [5.41, 5.74) is 3.46. The summed E-state index contributed by atoms with van der Waals surface area (Å²) in [5.74, 6) is -0.888. The normalized spacial score (nSPS) is 11.5. The molecule has 7 heteroatoms. The molecule has 0 amide bonds. The number of carboxylic acid groups (broad SMARTS) is 1. The number of hydrogen-bond acceptors (Lipinski definition) is 3. The number of hydrogen-bond donors (Lipinski definition) is 2. The molecule has 0 radical (unpaired) electrons. The SMILES string of the molecule is O=C(O)CCNc1cc(-c2ccc(-c3cccc(C(F)(F)F)c3)cc2)nc2ccccc12. The van der Waals surface area contributed by atoms with Crippen LogP contribution in [0.25, 0.3) is 33.3 Å². The van der Waals surface area contributed by atoms with E-state index in [-0.39, 0.29) is 13.0 Å². The van der Waals surface area contributed by atoms with E-state index in [4.69, 9.17) is 10.1 Å². The van der Waals surface area contributed by atoms with Gasteiger partial charge >= 0.3 is 12.1 Å². The quantitative estimate of drug-likeness (QED) is 0.363. The predicted octanol–water partition coefficient (Wildman–Crippen LogP) is 6.47. The Labute approximate surface area is 182 Å². The van der Waals surface area contributed by atoms with Gasteiger partial charge in [0.15, 0.2) is 0 Å². The third-order valence-corrected chi connectivity index (χ3v) is 5.07. The van der Waals surface area contributed by atoms with Gasteiger partial charge in [-0.25, -0.2) is 4.98 Å². The van der Waals surface area contributed by atoms with Crippen molar-refractivity contribution in [1.82, 2.24) is 4.98 Å². The molecule has 4 aromatic rings. The van der Waals surface area contributed by atoms with Crippen LogP contribution in [-0.2, 0) is 11.0 Å². The Morgan fingerprint density at radius 3 is 2.31 bits per heavy atom. The van der Waals surface area contributed by atoms with Gasteiger partial charge in [-0.15, -0.1) is 0 Å². The lowest BCUT2D eigenvalue weighted by Crippen LogP contribution is -2.08. The van der Waals surface area contributed by atoms with E-state index in [2.05, 4.69) is 5.32 Å². The first-order valence-electron chi connectivity index (χ1n) is 9.95. The minimum Gasteiger partial charge on any atom is -0.481 e. The van der Waals surface area contributed by atoms with E-state index in [0.717, 1.165) is 34.3 Å². The fourth-order valence-electron chi connectivity index (χ4n) is 3.48. The molecule has 0 fully saturated rings. The Kier molecular flexibility index (Phi) is 5.81. The van der Waals surface area contributed by atoms with Gasteiger partial charge in [-0.3, -0.25) is 4.79 Å². The minimum absolute atomic E-state index is 0.0162. The molecule has 0 saturated heterocycles. The van der Waals surface area contributed by atoms with E-state index >= 15 is 0 Å². The lowest BCUT2D eigenvalue weighted by molar-refractivity contribution is -0.138. The van der Waals surface area contributed by atoms with Crippen LogP contribution in [0, 0.1) is 0 Å². The number of para-hydroxylation sites is 1. The molecular weight excluding hydrogens is 417 g/mol. The summed E-state index contributed by atoms with van der Waals surface area (Å²) < 4.78 is 39.1. The first-order valence-corrected chi connectivity index (χ1v) is 9.95. The second-order valence-electron chi connectivity index (χ2n) is 7.30. The van der Waals surface area contributed by atoms with E-state index in [1.807, 2.05) is 42.5 Å². The van der Waals surface area contributed by atoms with Gasteiger partial charge in [-0.2, -0.15) is 13.2 Å². The zero-order valence-electron chi connectivity index (χ0n) is 16.9. The second kappa shape index (κ2) is 8.70.